The Morgan fingerprint density at radius 3 is 2.56 bits per heavy atom. The summed E-state index contributed by atoms with van der Waals surface area (Å²) in [5.74, 6) is 1.88. The molecular weight excluding hydrogens is 458 g/mol. The Bertz CT molecular complexity index is 1380. The lowest BCUT2D eigenvalue weighted by Gasteiger charge is -2.34. The number of hydrogen-bond donors (Lipinski definition) is 0. The first-order valence-corrected chi connectivity index (χ1v) is 12.2. The normalized spacial score (nSPS) is 14.9. The highest BCUT2D eigenvalue weighted by atomic mass is 16.7. The van der Waals surface area contributed by atoms with Gasteiger partial charge in [-0.25, -0.2) is 4.98 Å². The maximum absolute atomic E-state index is 11.3. The molecule has 9 heteroatoms. The number of ketones is 1. The number of piperazine rings is 1. The lowest BCUT2D eigenvalue weighted by molar-refractivity contribution is -0.118. The molecule has 1 saturated heterocycles. The van der Waals surface area contributed by atoms with E-state index in [1.54, 1.807) is 18.8 Å². The summed E-state index contributed by atoms with van der Waals surface area (Å²) in [6.07, 6.45) is 3.44. The molecule has 3 heterocycles. The highest BCUT2D eigenvalue weighted by Crippen LogP contribution is 2.35. The molecule has 188 valence electrons. The number of ether oxygens (including phenoxy) is 2. The van der Waals surface area contributed by atoms with E-state index in [0.29, 0.717) is 36.0 Å². The molecule has 0 atom stereocenters. The molecule has 0 radical (unpaired) electrons. The molecule has 5 rings (SSSR count). The zero-order chi connectivity index (χ0) is 25.1. The first-order valence-electron chi connectivity index (χ1n) is 12.2. The van der Waals surface area contributed by atoms with Crippen molar-refractivity contribution in [1.29, 1.82) is 0 Å². The molecule has 0 amide bonds. The van der Waals surface area contributed by atoms with Gasteiger partial charge in [-0.05, 0) is 31.5 Å². The van der Waals surface area contributed by atoms with Gasteiger partial charge in [-0.3, -0.25) is 14.6 Å². The van der Waals surface area contributed by atoms with Gasteiger partial charge in [0.25, 0.3) is 5.88 Å². The van der Waals surface area contributed by atoms with Crippen molar-refractivity contribution >= 4 is 27.6 Å². The third-order valence-corrected chi connectivity index (χ3v) is 6.52. The second kappa shape index (κ2) is 10.5. The zero-order valence-electron chi connectivity index (χ0n) is 20.9. The van der Waals surface area contributed by atoms with E-state index >= 15 is 0 Å². The Morgan fingerprint density at radius 1 is 1.00 bits per heavy atom. The van der Waals surface area contributed by atoms with Gasteiger partial charge in [0.05, 0.1) is 30.1 Å². The lowest BCUT2D eigenvalue weighted by Crippen LogP contribution is -2.48. The van der Waals surface area contributed by atoms with Gasteiger partial charge < -0.3 is 14.3 Å². The van der Waals surface area contributed by atoms with Crippen molar-refractivity contribution < 1.29 is 19.1 Å². The minimum absolute atomic E-state index is 0.212. The van der Waals surface area contributed by atoms with E-state index in [1.807, 2.05) is 36.5 Å². The van der Waals surface area contributed by atoms with Crippen LogP contribution in [0, 0.1) is 6.92 Å². The maximum Gasteiger partial charge on any atom is 0.257 e. The van der Waals surface area contributed by atoms with Crippen molar-refractivity contribution in [2.75, 3.05) is 53.0 Å². The van der Waals surface area contributed by atoms with Crippen molar-refractivity contribution in [3.8, 4) is 17.4 Å². The Morgan fingerprint density at radius 2 is 1.78 bits per heavy atom. The molecule has 9 nitrogen and oxygen atoms in total. The summed E-state index contributed by atoms with van der Waals surface area (Å²) in [4.78, 5) is 30.9. The largest absolute Gasteiger partial charge is 0.493 e. The Hall–Kier alpha value is -3.69. The van der Waals surface area contributed by atoms with Crippen molar-refractivity contribution in [2.24, 2.45) is 0 Å². The van der Waals surface area contributed by atoms with Gasteiger partial charge in [0.2, 0.25) is 0 Å². The topological polar surface area (TPSA) is 82.0 Å². The SMILES string of the molecule is COc1cc2c(On3cc(C)c4ccccc43)ncnc2cc1OCCN1CCN(CC(C)=O)CC1. The van der Waals surface area contributed by atoms with Crippen LogP contribution in [0.1, 0.15) is 12.5 Å². The van der Waals surface area contributed by atoms with Gasteiger partial charge in [-0.15, -0.1) is 0 Å². The Kier molecular flexibility index (Phi) is 7.02. The minimum atomic E-state index is 0.212. The molecule has 0 saturated carbocycles. The number of rotatable bonds is 9. The first-order chi connectivity index (χ1) is 17.5. The summed E-state index contributed by atoms with van der Waals surface area (Å²) in [6.45, 7) is 9.19. The van der Waals surface area contributed by atoms with Crippen LogP contribution in [0.3, 0.4) is 0 Å². The second-order valence-electron chi connectivity index (χ2n) is 9.11. The highest BCUT2D eigenvalue weighted by Gasteiger charge is 2.19. The number of fused-ring (bicyclic) bond motifs is 2. The van der Waals surface area contributed by atoms with E-state index in [1.165, 1.54) is 6.33 Å². The number of carbonyl (C=O) groups excluding carboxylic acids is 1. The number of aryl methyl sites for hydroxylation is 1. The van der Waals surface area contributed by atoms with E-state index in [-0.39, 0.29) is 5.78 Å². The number of methoxy groups -OCH3 is 1. The minimum Gasteiger partial charge on any atom is -0.493 e. The van der Waals surface area contributed by atoms with Crippen LogP contribution >= 0.6 is 0 Å². The number of para-hydroxylation sites is 1. The summed E-state index contributed by atoms with van der Waals surface area (Å²) in [5.41, 5.74) is 2.80. The van der Waals surface area contributed by atoms with E-state index in [4.69, 9.17) is 14.3 Å². The van der Waals surface area contributed by atoms with Gasteiger partial charge in [0.15, 0.2) is 11.5 Å². The molecule has 2 aromatic heterocycles. The van der Waals surface area contributed by atoms with Gasteiger partial charge in [-0.1, -0.05) is 18.2 Å². The monoisotopic (exact) mass is 489 g/mol. The third-order valence-electron chi connectivity index (χ3n) is 6.52. The molecule has 0 N–H and O–H groups in total. The smallest absolute Gasteiger partial charge is 0.257 e. The molecule has 2 aromatic carbocycles. The van der Waals surface area contributed by atoms with Crippen LogP contribution in [0.2, 0.25) is 0 Å². The van der Waals surface area contributed by atoms with Gasteiger partial charge in [-0.2, -0.15) is 9.71 Å². The fraction of sp³-hybridized carbons (Fsp3) is 0.370. The van der Waals surface area contributed by atoms with Crippen LogP contribution in [0.5, 0.6) is 17.4 Å². The summed E-state index contributed by atoms with van der Waals surface area (Å²) >= 11 is 0. The number of carbonyl (C=O) groups is 1. The van der Waals surface area contributed by atoms with Gasteiger partial charge in [0, 0.05) is 50.4 Å². The highest BCUT2D eigenvalue weighted by molar-refractivity contribution is 5.87. The van der Waals surface area contributed by atoms with Crippen LogP contribution in [-0.4, -0.2) is 83.3 Å². The zero-order valence-corrected chi connectivity index (χ0v) is 20.9. The molecular formula is C27H31N5O4. The molecule has 0 spiro atoms. The molecule has 0 unspecified atom stereocenters. The quantitative estimate of drug-likeness (QED) is 0.354. The molecule has 0 aliphatic carbocycles. The number of aromatic nitrogens is 3. The second-order valence-corrected chi connectivity index (χ2v) is 9.11. The van der Waals surface area contributed by atoms with E-state index in [2.05, 4.69) is 32.8 Å². The molecule has 36 heavy (non-hydrogen) atoms. The number of nitrogens with zero attached hydrogens (tertiary/aromatic N) is 5. The maximum atomic E-state index is 11.3. The van der Waals surface area contributed by atoms with Gasteiger partial charge in [0.1, 0.15) is 18.7 Å². The Balaban J connectivity index is 1.29. The van der Waals surface area contributed by atoms with Crippen molar-refractivity contribution in [3.63, 3.8) is 0 Å². The first kappa shape index (κ1) is 24.0. The van der Waals surface area contributed by atoms with Crippen LogP contribution in [0.4, 0.5) is 0 Å². The summed E-state index contributed by atoms with van der Waals surface area (Å²) in [5, 5.41) is 1.86. The predicted molar refractivity (Wildman–Crippen MR) is 138 cm³/mol. The van der Waals surface area contributed by atoms with Crippen LogP contribution in [-0.2, 0) is 4.79 Å². The van der Waals surface area contributed by atoms with E-state index in [0.717, 1.165) is 54.6 Å². The fourth-order valence-electron chi connectivity index (χ4n) is 4.64. The predicted octanol–water partition coefficient (Wildman–Crippen LogP) is 3.33. The summed E-state index contributed by atoms with van der Waals surface area (Å²) < 4.78 is 13.5. The van der Waals surface area contributed by atoms with Gasteiger partial charge >= 0.3 is 0 Å². The van der Waals surface area contributed by atoms with Crippen molar-refractivity contribution in [3.05, 3.63) is 54.5 Å². The van der Waals surface area contributed by atoms with E-state index in [9.17, 15) is 4.79 Å². The average Bonchev–Trinajstić information content (AvgIpc) is 3.19. The molecule has 1 fully saturated rings. The molecule has 1 aliphatic rings. The van der Waals surface area contributed by atoms with Crippen molar-refractivity contribution in [2.45, 2.75) is 13.8 Å². The molecule has 1 aliphatic heterocycles. The number of Topliss-reactive ketones (excluding diaryl/α,β-unsaturated/α-hetero) is 1. The van der Waals surface area contributed by atoms with Crippen LogP contribution in [0.15, 0.2) is 48.9 Å². The summed E-state index contributed by atoms with van der Waals surface area (Å²) in [6, 6.07) is 11.8. The van der Waals surface area contributed by atoms with Crippen molar-refractivity contribution in [1.82, 2.24) is 24.5 Å². The molecule has 4 aromatic rings. The van der Waals surface area contributed by atoms with Crippen LogP contribution in [0.25, 0.3) is 21.8 Å². The number of benzene rings is 2. The molecule has 0 bridgehead atoms. The third kappa shape index (κ3) is 5.12. The van der Waals surface area contributed by atoms with Crippen LogP contribution < -0.4 is 14.3 Å². The fourth-order valence-corrected chi connectivity index (χ4v) is 4.64. The Labute approximate surface area is 210 Å². The van der Waals surface area contributed by atoms with E-state index < -0.39 is 0 Å². The standard InChI is InChI=1S/C27H31N5O4/c1-19-16-32(24-7-5-4-6-21(19)24)36-27-22-14-25(34-3)26(15-23(22)28-18-29-27)35-13-12-30-8-10-31(11-9-30)17-20(2)33/h4-7,14-16,18H,8-13,17H2,1-3H3. The summed E-state index contributed by atoms with van der Waals surface area (Å²) in [7, 11) is 1.62. The lowest BCUT2D eigenvalue weighted by atomic mass is 10.2. The average molecular weight is 490 g/mol. The number of hydrogen-bond acceptors (Lipinski definition) is 8.